The van der Waals surface area contributed by atoms with Crippen molar-refractivity contribution in [3.63, 3.8) is 0 Å². The summed E-state index contributed by atoms with van der Waals surface area (Å²) in [4.78, 5) is 0. The first-order valence-electron chi connectivity index (χ1n) is 6.74. The van der Waals surface area contributed by atoms with Crippen molar-refractivity contribution in [3.05, 3.63) is 0 Å². The second-order valence-electron chi connectivity index (χ2n) is 4.37. The third-order valence-electron chi connectivity index (χ3n) is 2.73. The zero-order valence-corrected chi connectivity index (χ0v) is 11.0. The minimum atomic E-state index is 0.546. The van der Waals surface area contributed by atoms with Crippen LogP contribution in [0.5, 0.6) is 0 Å². The van der Waals surface area contributed by atoms with Crippen molar-refractivity contribution >= 4 is 0 Å². The van der Waals surface area contributed by atoms with Crippen LogP contribution in [0.25, 0.3) is 0 Å². The van der Waals surface area contributed by atoms with Crippen LogP contribution in [-0.2, 0) is 18.9 Å². The lowest BCUT2D eigenvalue weighted by atomic mass is 10.3. The molecule has 3 heterocycles. The average Bonchev–Trinajstić information content (AvgIpc) is 3.07. The highest BCUT2D eigenvalue weighted by Crippen LogP contribution is 2.09. The Hall–Kier alpha value is -0.160. The highest BCUT2D eigenvalue weighted by molar-refractivity contribution is 4.56. The molecule has 0 radical (unpaired) electrons. The van der Waals surface area contributed by atoms with Crippen molar-refractivity contribution in [1.82, 2.24) is 0 Å². The molecule has 3 rings (SSSR count). The van der Waals surface area contributed by atoms with Crippen LogP contribution in [0, 0.1) is 0 Å². The Morgan fingerprint density at radius 3 is 1.35 bits per heavy atom. The molecule has 0 spiro atoms. The van der Waals surface area contributed by atoms with Gasteiger partial charge in [0.05, 0.1) is 32.5 Å². The van der Waals surface area contributed by atoms with E-state index < -0.39 is 0 Å². The molecule has 1 unspecified atom stereocenters. The van der Waals surface area contributed by atoms with E-state index in [1.807, 2.05) is 0 Å². The summed E-state index contributed by atoms with van der Waals surface area (Å²) >= 11 is 0. The Labute approximate surface area is 105 Å². The van der Waals surface area contributed by atoms with Crippen molar-refractivity contribution < 1.29 is 18.9 Å². The van der Waals surface area contributed by atoms with Crippen molar-refractivity contribution in [2.75, 3.05) is 46.2 Å². The molecule has 102 valence electrons. The van der Waals surface area contributed by atoms with Gasteiger partial charge in [-0.05, 0) is 32.6 Å². The van der Waals surface area contributed by atoms with Gasteiger partial charge in [-0.3, -0.25) is 0 Å². The molecule has 0 aromatic carbocycles. The number of hydrogen-bond donors (Lipinski definition) is 0. The summed E-state index contributed by atoms with van der Waals surface area (Å²) in [7, 11) is 0. The Kier molecular flexibility index (Phi) is 9.61. The zero-order chi connectivity index (χ0) is 12.2. The topological polar surface area (TPSA) is 36.9 Å². The SMILES string of the molecule is C1CCOC1.C1COCCO1.CC1CCCO1. The fraction of sp³-hybridized carbons (Fsp3) is 1.00. The molecule has 0 aromatic rings. The molecule has 0 saturated carbocycles. The highest BCUT2D eigenvalue weighted by Gasteiger charge is 2.07. The van der Waals surface area contributed by atoms with E-state index in [4.69, 9.17) is 18.9 Å². The van der Waals surface area contributed by atoms with Gasteiger partial charge in [0, 0.05) is 19.8 Å². The molecule has 0 aromatic heterocycles. The van der Waals surface area contributed by atoms with Gasteiger partial charge in [-0.15, -0.1) is 0 Å². The molecule has 3 saturated heterocycles. The zero-order valence-electron chi connectivity index (χ0n) is 11.0. The van der Waals surface area contributed by atoms with Gasteiger partial charge in [-0.1, -0.05) is 0 Å². The van der Waals surface area contributed by atoms with Gasteiger partial charge in [0.1, 0.15) is 0 Å². The summed E-state index contributed by atoms with van der Waals surface area (Å²) in [6.07, 6.45) is 5.63. The largest absolute Gasteiger partial charge is 0.381 e. The molecular weight excluding hydrogens is 220 g/mol. The Balaban J connectivity index is 0.000000128. The van der Waals surface area contributed by atoms with Crippen LogP contribution in [0.1, 0.15) is 32.6 Å². The van der Waals surface area contributed by atoms with Gasteiger partial charge in [0.2, 0.25) is 0 Å². The molecule has 3 aliphatic rings. The van der Waals surface area contributed by atoms with Gasteiger partial charge < -0.3 is 18.9 Å². The van der Waals surface area contributed by atoms with Crippen LogP contribution in [0.15, 0.2) is 0 Å². The van der Waals surface area contributed by atoms with Crippen molar-refractivity contribution in [2.45, 2.75) is 38.7 Å². The van der Waals surface area contributed by atoms with Crippen LogP contribution in [0.2, 0.25) is 0 Å². The smallest absolute Gasteiger partial charge is 0.0701 e. The lowest BCUT2D eigenvalue weighted by Crippen LogP contribution is -2.16. The van der Waals surface area contributed by atoms with E-state index in [1.165, 1.54) is 25.7 Å². The predicted octanol–water partition coefficient (Wildman–Crippen LogP) is 2.02. The second-order valence-corrected chi connectivity index (χ2v) is 4.37. The third-order valence-corrected chi connectivity index (χ3v) is 2.73. The van der Waals surface area contributed by atoms with Gasteiger partial charge in [-0.25, -0.2) is 0 Å². The highest BCUT2D eigenvalue weighted by atomic mass is 16.6. The van der Waals surface area contributed by atoms with Gasteiger partial charge in [0.25, 0.3) is 0 Å². The fourth-order valence-corrected chi connectivity index (χ4v) is 1.69. The second kappa shape index (κ2) is 11.0. The summed E-state index contributed by atoms with van der Waals surface area (Å²) in [6, 6.07) is 0. The maximum Gasteiger partial charge on any atom is 0.0701 e. The van der Waals surface area contributed by atoms with Crippen molar-refractivity contribution in [3.8, 4) is 0 Å². The minimum absolute atomic E-state index is 0.546. The monoisotopic (exact) mass is 246 g/mol. The van der Waals surface area contributed by atoms with Gasteiger partial charge in [-0.2, -0.15) is 0 Å². The van der Waals surface area contributed by atoms with Gasteiger partial charge >= 0.3 is 0 Å². The molecule has 17 heavy (non-hydrogen) atoms. The lowest BCUT2D eigenvalue weighted by molar-refractivity contribution is -0.0334. The van der Waals surface area contributed by atoms with E-state index in [1.54, 1.807) is 0 Å². The first kappa shape index (κ1) is 14.9. The number of ether oxygens (including phenoxy) is 4. The van der Waals surface area contributed by atoms with Crippen molar-refractivity contribution in [1.29, 1.82) is 0 Å². The van der Waals surface area contributed by atoms with E-state index in [9.17, 15) is 0 Å². The van der Waals surface area contributed by atoms with Crippen LogP contribution in [-0.4, -0.2) is 52.4 Å². The maximum absolute atomic E-state index is 5.15. The lowest BCUT2D eigenvalue weighted by Gasteiger charge is -2.09. The number of hydrogen-bond acceptors (Lipinski definition) is 4. The molecule has 0 amide bonds. The maximum atomic E-state index is 5.15. The molecule has 0 bridgehead atoms. The van der Waals surface area contributed by atoms with Crippen LogP contribution < -0.4 is 0 Å². The van der Waals surface area contributed by atoms with E-state index in [-0.39, 0.29) is 0 Å². The Morgan fingerprint density at radius 2 is 1.18 bits per heavy atom. The van der Waals surface area contributed by atoms with E-state index in [0.29, 0.717) is 6.10 Å². The van der Waals surface area contributed by atoms with Crippen LogP contribution in [0.4, 0.5) is 0 Å². The molecule has 4 heteroatoms. The summed E-state index contributed by atoms with van der Waals surface area (Å²) in [5.41, 5.74) is 0. The molecule has 0 N–H and O–H groups in total. The quantitative estimate of drug-likeness (QED) is 0.655. The molecule has 3 fully saturated rings. The van der Waals surface area contributed by atoms with Crippen molar-refractivity contribution in [2.24, 2.45) is 0 Å². The molecule has 0 aliphatic carbocycles. The van der Waals surface area contributed by atoms with E-state index >= 15 is 0 Å². The van der Waals surface area contributed by atoms with E-state index in [2.05, 4.69) is 6.92 Å². The Bertz CT molecular complexity index is 130. The first-order valence-corrected chi connectivity index (χ1v) is 6.74. The Morgan fingerprint density at radius 1 is 0.647 bits per heavy atom. The first-order chi connectivity index (χ1) is 8.39. The minimum Gasteiger partial charge on any atom is -0.381 e. The fourth-order valence-electron chi connectivity index (χ4n) is 1.69. The van der Waals surface area contributed by atoms with Crippen LogP contribution in [0.3, 0.4) is 0 Å². The third kappa shape index (κ3) is 9.53. The molecule has 1 atom stereocenters. The summed E-state index contributed by atoms with van der Waals surface area (Å²) in [6.45, 7) is 8.22. The summed E-state index contributed by atoms with van der Waals surface area (Å²) in [5, 5.41) is 0. The van der Waals surface area contributed by atoms with Crippen LogP contribution >= 0.6 is 0 Å². The molecular formula is C13H26O4. The average molecular weight is 246 g/mol. The standard InChI is InChI=1S/C5H10O.C4H8O2.C4H8O/c1-5-3-2-4-6-5;1-2-6-4-3-5-1;1-2-4-5-3-1/h5H,2-4H2,1H3;1-4H2;1-4H2. The molecule has 3 aliphatic heterocycles. The predicted molar refractivity (Wildman–Crippen MR) is 66.3 cm³/mol. The van der Waals surface area contributed by atoms with Gasteiger partial charge in [0.15, 0.2) is 0 Å². The number of rotatable bonds is 0. The summed E-state index contributed by atoms with van der Waals surface area (Å²) < 4.78 is 20.0. The van der Waals surface area contributed by atoms with E-state index in [0.717, 1.165) is 46.2 Å². The normalized spacial score (nSPS) is 27.7. The summed E-state index contributed by atoms with van der Waals surface area (Å²) in [5.74, 6) is 0. The molecule has 4 nitrogen and oxygen atoms in total.